The number of piperidine rings is 1. The Labute approximate surface area is 185 Å². The van der Waals surface area contributed by atoms with Crippen LogP contribution in [0.3, 0.4) is 0 Å². The molecule has 0 radical (unpaired) electrons. The highest BCUT2D eigenvalue weighted by Crippen LogP contribution is 2.27. The largest absolute Gasteiger partial charge is 0.504 e. The Bertz CT molecular complexity index is 646. The Hall–Kier alpha value is -1.71. The van der Waals surface area contributed by atoms with Crippen molar-refractivity contribution in [2.45, 2.75) is 39.7 Å². The van der Waals surface area contributed by atoms with Gasteiger partial charge < -0.3 is 25.4 Å². The molecule has 1 aromatic rings. The van der Waals surface area contributed by atoms with Crippen molar-refractivity contribution in [3.63, 3.8) is 0 Å². The van der Waals surface area contributed by atoms with Crippen LogP contribution >= 0.6 is 24.0 Å². The van der Waals surface area contributed by atoms with Gasteiger partial charge in [-0.15, -0.1) is 24.0 Å². The first-order valence-electron chi connectivity index (χ1n) is 9.75. The lowest BCUT2D eigenvalue weighted by molar-refractivity contribution is -0.121. The molecule has 0 atom stereocenters. The minimum absolute atomic E-state index is 0. The number of aliphatic imine (C=N–C) groups is 1. The second-order valence-electron chi connectivity index (χ2n) is 6.71. The highest BCUT2D eigenvalue weighted by atomic mass is 127. The number of benzene rings is 1. The van der Waals surface area contributed by atoms with E-state index in [0.717, 1.165) is 44.0 Å². The number of rotatable bonds is 7. The zero-order chi connectivity index (χ0) is 19.6. The van der Waals surface area contributed by atoms with Crippen molar-refractivity contribution in [2.75, 3.05) is 33.3 Å². The Morgan fingerprint density at radius 1 is 1.32 bits per heavy atom. The zero-order valence-corrected chi connectivity index (χ0v) is 19.4. The molecule has 1 aliphatic rings. The number of nitrogens with one attached hydrogen (secondary N) is 2. The second-order valence-corrected chi connectivity index (χ2v) is 6.71. The van der Waals surface area contributed by atoms with Crippen LogP contribution in [0.25, 0.3) is 0 Å². The van der Waals surface area contributed by atoms with Gasteiger partial charge in [0.25, 0.3) is 0 Å². The maximum absolute atomic E-state index is 11.6. The first-order valence-corrected chi connectivity index (χ1v) is 9.75. The molecule has 8 heteroatoms. The van der Waals surface area contributed by atoms with Gasteiger partial charge in [0.1, 0.15) is 0 Å². The minimum atomic E-state index is 0. The molecule has 1 amide bonds. The third-order valence-corrected chi connectivity index (χ3v) is 4.74. The third kappa shape index (κ3) is 7.37. The third-order valence-electron chi connectivity index (χ3n) is 4.74. The number of carbonyl (C=O) groups excluding carboxylic acids is 1. The maximum atomic E-state index is 11.6. The Morgan fingerprint density at radius 2 is 2.04 bits per heavy atom. The van der Waals surface area contributed by atoms with Gasteiger partial charge in [0.15, 0.2) is 17.5 Å². The van der Waals surface area contributed by atoms with E-state index in [-0.39, 0.29) is 35.6 Å². The van der Waals surface area contributed by atoms with E-state index in [1.165, 1.54) is 0 Å². The van der Waals surface area contributed by atoms with E-state index >= 15 is 0 Å². The first kappa shape index (κ1) is 24.3. The lowest BCUT2D eigenvalue weighted by Gasteiger charge is -2.34. The van der Waals surface area contributed by atoms with Crippen LogP contribution in [0, 0.1) is 5.92 Å². The van der Waals surface area contributed by atoms with Crippen LogP contribution in [0.4, 0.5) is 0 Å². The summed E-state index contributed by atoms with van der Waals surface area (Å²) < 4.78 is 5.44. The van der Waals surface area contributed by atoms with Crippen molar-refractivity contribution in [1.82, 2.24) is 15.5 Å². The maximum Gasteiger partial charge on any atom is 0.220 e. The summed E-state index contributed by atoms with van der Waals surface area (Å²) in [7, 11) is 1.69. The number of hydrogen-bond donors (Lipinski definition) is 3. The number of nitrogens with zero attached hydrogens (tertiary/aromatic N) is 2. The van der Waals surface area contributed by atoms with E-state index in [1.807, 2.05) is 19.1 Å². The smallest absolute Gasteiger partial charge is 0.220 e. The predicted molar refractivity (Wildman–Crippen MR) is 122 cm³/mol. The fraction of sp³-hybridized carbons (Fsp3) is 0.600. The van der Waals surface area contributed by atoms with Gasteiger partial charge in [-0.25, -0.2) is 4.99 Å². The first-order chi connectivity index (χ1) is 13.1. The molecule has 2 rings (SSSR count). The number of halogens is 1. The molecule has 0 unspecified atom stereocenters. The van der Waals surface area contributed by atoms with Gasteiger partial charge in [0, 0.05) is 33.1 Å². The summed E-state index contributed by atoms with van der Waals surface area (Å²) in [5.74, 6) is 2.09. The van der Waals surface area contributed by atoms with Crippen molar-refractivity contribution in [1.29, 1.82) is 0 Å². The van der Waals surface area contributed by atoms with E-state index in [1.54, 1.807) is 13.1 Å². The molecule has 0 aliphatic carbocycles. The van der Waals surface area contributed by atoms with Crippen LogP contribution in [0.1, 0.15) is 38.7 Å². The molecule has 1 heterocycles. The number of guanidine groups is 1. The van der Waals surface area contributed by atoms with Gasteiger partial charge in [-0.2, -0.15) is 0 Å². The lowest BCUT2D eigenvalue weighted by Crippen LogP contribution is -2.46. The summed E-state index contributed by atoms with van der Waals surface area (Å²) in [6, 6.07) is 5.34. The molecule has 0 saturated carbocycles. The van der Waals surface area contributed by atoms with E-state index in [2.05, 4.69) is 22.5 Å². The molecule has 0 bridgehead atoms. The molecular formula is C20H33IN4O3. The monoisotopic (exact) mass is 504 g/mol. The van der Waals surface area contributed by atoms with Crippen molar-refractivity contribution in [2.24, 2.45) is 10.9 Å². The van der Waals surface area contributed by atoms with Crippen LogP contribution in [-0.4, -0.2) is 55.2 Å². The molecule has 1 fully saturated rings. The number of likely N-dealkylation sites (tertiary alicyclic amines) is 1. The van der Waals surface area contributed by atoms with Gasteiger partial charge in [-0.1, -0.05) is 6.07 Å². The van der Waals surface area contributed by atoms with Gasteiger partial charge in [-0.3, -0.25) is 4.79 Å². The quantitative estimate of drug-likeness (QED) is 0.302. The Morgan fingerprint density at radius 3 is 2.64 bits per heavy atom. The van der Waals surface area contributed by atoms with E-state index in [9.17, 15) is 9.90 Å². The molecule has 1 saturated heterocycles. The van der Waals surface area contributed by atoms with Crippen LogP contribution in [0.15, 0.2) is 23.2 Å². The number of carbonyl (C=O) groups is 1. The fourth-order valence-corrected chi connectivity index (χ4v) is 3.23. The molecule has 158 valence electrons. The van der Waals surface area contributed by atoms with Gasteiger partial charge in [0.2, 0.25) is 5.91 Å². The van der Waals surface area contributed by atoms with Crippen molar-refractivity contribution in [3.8, 4) is 11.5 Å². The van der Waals surface area contributed by atoms with Gasteiger partial charge in [-0.05, 0) is 50.3 Å². The van der Waals surface area contributed by atoms with Crippen LogP contribution in [-0.2, 0) is 11.3 Å². The number of amides is 1. The normalized spacial score (nSPS) is 15.0. The van der Waals surface area contributed by atoms with E-state index < -0.39 is 0 Å². The molecule has 3 N–H and O–H groups in total. The summed E-state index contributed by atoms with van der Waals surface area (Å²) in [4.78, 5) is 18.6. The molecule has 0 aromatic heterocycles. The van der Waals surface area contributed by atoms with Gasteiger partial charge >= 0.3 is 0 Å². The fourth-order valence-electron chi connectivity index (χ4n) is 3.23. The summed E-state index contributed by atoms with van der Waals surface area (Å²) in [5, 5.41) is 15.9. The molecule has 7 nitrogen and oxygen atoms in total. The molecular weight excluding hydrogens is 471 g/mol. The lowest BCUT2D eigenvalue weighted by atomic mass is 9.93. The van der Waals surface area contributed by atoms with Crippen molar-refractivity contribution < 1.29 is 14.6 Å². The Balaban J connectivity index is 0.00000392. The molecule has 1 aromatic carbocycles. The highest BCUT2D eigenvalue weighted by molar-refractivity contribution is 14.0. The van der Waals surface area contributed by atoms with E-state index in [4.69, 9.17) is 9.73 Å². The number of phenolic OH excluding ortho intramolecular Hbond substituents is 1. The molecule has 0 spiro atoms. The summed E-state index contributed by atoms with van der Waals surface area (Å²) in [6.45, 7) is 7.56. The average molecular weight is 504 g/mol. The van der Waals surface area contributed by atoms with Crippen molar-refractivity contribution in [3.05, 3.63) is 23.8 Å². The number of aromatic hydroxyl groups is 1. The Kier molecular flexibility index (Phi) is 11.0. The van der Waals surface area contributed by atoms with E-state index in [0.29, 0.717) is 31.2 Å². The second kappa shape index (κ2) is 12.7. The molecule has 1 aliphatic heterocycles. The average Bonchev–Trinajstić information content (AvgIpc) is 2.68. The summed E-state index contributed by atoms with van der Waals surface area (Å²) in [6.07, 6.45) is 2.59. The van der Waals surface area contributed by atoms with Crippen LogP contribution < -0.4 is 15.4 Å². The number of phenols is 1. The summed E-state index contributed by atoms with van der Waals surface area (Å²) >= 11 is 0. The van der Waals surface area contributed by atoms with Gasteiger partial charge in [0.05, 0.1) is 13.2 Å². The number of ether oxygens (including phenoxy) is 1. The minimum Gasteiger partial charge on any atom is -0.504 e. The topological polar surface area (TPSA) is 86.2 Å². The molecule has 28 heavy (non-hydrogen) atoms. The van der Waals surface area contributed by atoms with Crippen LogP contribution in [0.5, 0.6) is 11.5 Å². The zero-order valence-electron chi connectivity index (χ0n) is 17.0. The SMILES string of the molecule is CCNC(=NCc1ccc(O)c(OCC)c1)N1CCC(CC(=O)NC)CC1.I. The summed E-state index contributed by atoms with van der Waals surface area (Å²) in [5.41, 5.74) is 0.987. The van der Waals surface area contributed by atoms with Crippen molar-refractivity contribution >= 4 is 35.8 Å². The highest BCUT2D eigenvalue weighted by Gasteiger charge is 2.23. The number of hydrogen-bond acceptors (Lipinski definition) is 4. The standard InChI is InChI=1S/C20H32N4O3.HI/c1-4-22-20(24-10-8-15(9-11-24)13-19(26)21-3)23-14-16-6-7-17(25)18(12-16)27-5-2;/h6-7,12,15,25H,4-5,8-11,13-14H2,1-3H3,(H,21,26)(H,22,23);1H. The van der Waals surface area contributed by atoms with Crippen LogP contribution in [0.2, 0.25) is 0 Å². The predicted octanol–water partition coefficient (Wildman–Crippen LogP) is 2.72.